The maximum atomic E-state index is 2.29. The summed E-state index contributed by atoms with van der Waals surface area (Å²) >= 11 is 0. The molecular formula is C27H24N2. The van der Waals surface area contributed by atoms with Crippen LogP contribution >= 0.6 is 0 Å². The van der Waals surface area contributed by atoms with Crippen LogP contribution in [0.5, 0.6) is 0 Å². The van der Waals surface area contributed by atoms with Crippen molar-refractivity contribution < 1.29 is 0 Å². The summed E-state index contributed by atoms with van der Waals surface area (Å²) in [5, 5.41) is 0. The molecule has 0 spiro atoms. The summed E-state index contributed by atoms with van der Waals surface area (Å²) in [6.45, 7) is 2.09. The van der Waals surface area contributed by atoms with Gasteiger partial charge in [-0.2, -0.15) is 0 Å². The first-order valence-corrected chi connectivity index (χ1v) is 9.85. The molecule has 4 aromatic carbocycles. The van der Waals surface area contributed by atoms with Crippen LogP contribution in [0.25, 0.3) is 0 Å². The lowest BCUT2D eigenvalue weighted by Gasteiger charge is -2.36. The number of rotatable bonds is 6. The van der Waals surface area contributed by atoms with E-state index in [1.54, 1.807) is 0 Å². The molecule has 0 aliphatic heterocycles. The molecule has 0 aliphatic carbocycles. The topological polar surface area (TPSA) is 6.48 Å². The Morgan fingerprint density at radius 2 is 0.690 bits per heavy atom. The summed E-state index contributed by atoms with van der Waals surface area (Å²) < 4.78 is 0. The van der Waals surface area contributed by atoms with Crippen molar-refractivity contribution in [3.05, 3.63) is 133 Å². The lowest BCUT2D eigenvalue weighted by Crippen LogP contribution is -2.29. The second kappa shape index (κ2) is 8.94. The molecule has 0 amide bonds. The number of hydrogen-bond donors (Lipinski definition) is 0. The molecule has 2 nitrogen and oxygen atoms in total. The van der Waals surface area contributed by atoms with E-state index in [2.05, 4.69) is 120 Å². The van der Waals surface area contributed by atoms with Crippen LogP contribution in [-0.4, -0.2) is 0 Å². The van der Waals surface area contributed by atoms with Gasteiger partial charge in [0.25, 0.3) is 0 Å². The quantitative estimate of drug-likeness (QED) is 0.343. The summed E-state index contributed by atoms with van der Waals surface area (Å²) in [6, 6.07) is 42.0. The van der Waals surface area contributed by atoms with E-state index >= 15 is 0 Å². The molecule has 0 heterocycles. The van der Waals surface area contributed by atoms with E-state index in [9.17, 15) is 0 Å². The van der Waals surface area contributed by atoms with Gasteiger partial charge in [-0.25, -0.2) is 0 Å². The van der Waals surface area contributed by atoms with Crippen LogP contribution in [0.4, 0.5) is 22.7 Å². The third kappa shape index (κ3) is 4.07. The SMILES string of the molecule is CC=C(N(c1ccccc1)c1ccccc1)N(c1ccccc1)c1ccccc1. The molecular weight excluding hydrogens is 352 g/mol. The zero-order valence-corrected chi connectivity index (χ0v) is 16.5. The van der Waals surface area contributed by atoms with Crippen LogP contribution in [0, 0.1) is 0 Å². The highest BCUT2D eigenvalue weighted by atomic mass is 15.3. The fourth-order valence-corrected chi connectivity index (χ4v) is 3.49. The molecule has 4 aromatic rings. The van der Waals surface area contributed by atoms with Crippen LogP contribution < -0.4 is 9.80 Å². The molecule has 0 aromatic heterocycles. The van der Waals surface area contributed by atoms with Crippen molar-refractivity contribution in [1.29, 1.82) is 0 Å². The van der Waals surface area contributed by atoms with E-state index < -0.39 is 0 Å². The Balaban J connectivity index is 1.91. The third-order valence-corrected chi connectivity index (χ3v) is 4.77. The predicted molar refractivity (Wildman–Crippen MR) is 124 cm³/mol. The second-order valence-electron chi connectivity index (χ2n) is 6.66. The summed E-state index contributed by atoms with van der Waals surface area (Å²) in [4.78, 5) is 4.58. The van der Waals surface area contributed by atoms with Gasteiger partial charge in [0.05, 0.1) is 0 Å². The Bertz CT molecular complexity index is 879. The van der Waals surface area contributed by atoms with Gasteiger partial charge in [-0.15, -0.1) is 0 Å². The molecule has 0 bridgehead atoms. The first-order valence-electron chi connectivity index (χ1n) is 9.85. The van der Waals surface area contributed by atoms with E-state index in [1.165, 1.54) is 0 Å². The van der Waals surface area contributed by atoms with Crippen LogP contribution in [0.2, 0.25) is 0 Å². The van der Waals surface area contributed by atoms with Gasteiger partial charge in [-0.05, 0) is 61.5 Å². The minimum atomic E-state index is 1.07. The largest absolute Gasteiger partial charge is 0.296 e. The van der Waals surface area contributed by atoms with E-state index in [0.29, 0.717) is 0 Å². The van der Waals surface area contributed by atoms with Crippen molar-refractivity contribution in [3.63, 3.8) is 0 Å². The van der Waals surface area contributed by atoms with Gasteiger partial charge in [-0.3, -0.25) is 9.80 Å². The summed E-state index contributed by atoms with van der Waals surface area (Å²) in [5.74, 6) is 1.07. The van der Waals surface area contributed by atoms with Crippen LogP contribution in [0.1, 0.15) is 6.92 Å². The third-order valence-electron chi connectivity index (χ3n) is 4.77. The smallest absolute Gasteiger partial charge is 0.118 e. The highest BCUT2D eigenvalue weighted by molar-refractivity contribution is 5.77. The Labute approximate surface area is 173 Å². The zero-order chi connectivity index (χ0) is 19.9. The average molecular weight is 377 g/mol. The second-order valence-corrected chi connectivity index (χ2v) is 6.66. The maximum absolute atomic E-state index is 2.29. The lowest BCUT2D eigenvalue weighted by atomic mass is 10.2. The lowest BCUT2D eigenvalue weighted by molar-refractivity contribution is 1.05. The van der Waals surface area contributed by atoms with Crippen molar-refractivity contribution >= 4 is 22.7 Å². The van der Waals surface area contributed by atoms with Crippen molar-refractivity contribution in [2.45, 2.75) is 6.92 Å². The molecule has 0 saturated heterocycles. The highest BCUT2D eigenvalue weighted by Crippen LogP contribution is 2.37. The van der Waals surface area contributed by atoms with Crippen LogP contribution in [0.3, 0.4) is 0 Å². The van der Waals surface area contributed by atoms with Gasteiger partial charge in [0.2, 0.25) is 0 Å². The van der Waals surface area contributed by atoms with Gasteiger partial charge in [0.15, 0.2) is 0 Å². The zero-order valence-electron chi connectivity index (χ0n) is 16.5. The van der Waals surface area contributed by atoms with E-state index in [-0.39, 0.29) is 0 Å². The molecule has 2 heteroatoms. The normalized spacial score (nSPS) is 10.2. The fraction of sp³-hybridized carbons (Fsp3) is 0.0370. The molecule has 0 unspecified atom stereocenters. The van der Waals surface area contributed by atoms with Crippen LogP contribution in [0.15, 0.2) is 133 Å². The molecule has 0 radical (unpaired) electrons. The first kappa shape index (κ1) is 18.6. The monoisotopic (exact) mass is 376 g/mol. The molecule has 0 fully saturated rings. The number of anilines is 4. The van der Waals surface area contributed by atoms with Gasteiger partial charge < -0.3 is 0 Å². The predicted octanol–water partition coefficient (Wildman–Crippen LogP) is 7.52. The maximum Gasteiger partial charge on any atom is 0.118 e. The molecule has 0 atom stereocenters. The fourth-order valence-electron chi connectivity index (χ4n) is 3.49. The minimum Gasteiger partial charge on any atom is -0.296 e. The minimum absolute atomic E-state index is 1.07. The van der Waals surface area contributed by atoms with E-state index in [1.807, 2.05) is 24.3 Å². The summed E-state index contributed by atoms with van der Waals surface area (Å²) in [7, 11) is 0. The number of para-hydroxylation sites is 4. The van der Waals surface area contributed by atoms with Gasteiger partial charge in [0, 0.05) is 22.7 Å². The van der Waals surface area contributed by atoms with Crippen molar-refractivity contribution in [1.82, 2.24) is 0 Å². The van der Waals surface area contributed by atoms with Gasteiger partial charge >= 0.3 is 0 Å². The molecule has 4 rings (SSSR count). The summed E-state index contributed by atoms with van der Waals surface area (Å²) in [5.41, 5.74) is 4.46. The molecule has 0 N–H and O–H groups in total. The van der Waals surface area contributed by atoms with Gasteiger partial charge in [-0.1, -0.05) is 72.8 Å². The van der Waals surface area contributed by atoms with Crippen molar-refractivity contribution in [3.8, 4) is 0 Å². The Morgan fingerprint density at radius 1 is 0.448 bits per heavy atom. The van der Waals surface area contributed by atoms with Crippen molar-refractivity contribution in [2.75, 3.05) is 9.80 Å². The molecule has 0 saturated carbocycles. The highest BCUT2D eigenvalue weighted by Gasteiger charge is 2.22. The number of nitrogens with zero attached hydrogens (tertiary/aromatic N) is 2. The molecule has 29 heavy (non-hydrogen) atoms. The van der Waals surface area contributed by atoms with E-state index in [4.69, 9.17) is 0 Å². The Kier molecular flexibility index (Phi) is 5.73. The Morgan fingerprint density at radius 3 is 0.897 bits per heavy atom. The van der Waals surface area contributed by atoms with Gasteiger partial charge in [0.1, 0.15) is 5.82 Å². The molecule has 142 valence electrons. The number of benzene rings is 4. The van der Waals surface area contributed by atoms with E-state index in [0.717, 1.165) is 28.6 Å². The standard InChI is InChI=1S/C27H24N2/c1-2-27(28(23-15-7-3-8-16-23)24-17-9-4-10-18-24)29(25-19-11-5-12-20-25)26-21-13-6-14-22-26/h2-22H,1H3. The van der Waals surface area contributed by atoms with Crippen LogP contribution in [-0.2, 0) is 0 Å². The first-order chi connectivity index (χ1) is 14.4. The average Bonchev–Trinajstić information content (AvgIpc) is 2.81. The van der Waals surface area contributed by atoms with Crippen molar-refractivity contribution in [2.24, 2.45) is 0 Å². The molecule has 0 aliphatic rings. The number of allylic oxidation sites excluding steroid dienone is 1. The Hall–Kier alpha value is -3.78. The summed E-state index contributed by atoms with van der Waals surface area (Å²) in [6.07, 6.45) is 2.17. The number of hydrogen-bond acceptors (Lipinski definition) is 2.